The van der Waals surface area contributed by atoms with Crippen LogP contribution in [-0.4, -0.2) is 57.7 Å². The number of nitrogens with zero attached hydrogens (tertiary/aromatic N) is 2. The molecule has 0 aromatic carbocycles. The van der Waals surface area contributed by atoms with Gasteiger partial charge in [-0.25, -0.2) is 0 Å². The van der Waals surface area contributed by atoms with Crippen molar-refractivity contribution in [3.05, 3.63) is 0 Å². The summed E-state index contributed by atoms with van der Waals surface area (Å²) in [6.07, 6.45) is 6.04. The molecule has 0 aromatic rings. The first-order valence-electron chi connectivity index (χ1n) is 6.50. The van der Waals surface area contributed by atoms with E-state index in [-0.39, 0.29) is 7.43 Å². The van der Waals surface area contributed by atoms with Gasteiger partial charge in [0.2, 0.25) is 0 Å². The molecule has 2 bridgehead atoms. The molecule has 0 aliphatic heterocycles. The summed E-state index contributed by atoms with van der Waals surface area (Å²) < 4.78 is 0. The zero-order valence-corrected chi connectivity index (χ0v) is 11.7. The zero-order chi connectivity index (χ0) is 12.1. The first kappa shape index (κ1) is 16.9. The van der Waals surface area contributed by atoms with Gasteiger partial charge in [-0.1, -0.05) is 13.8 Å². The van der Waals surface area contributed by atoms with Crippen LogP contribution >= 0.6 is 0 Å². The smallest absolute Gasteiger partial charge is 0.0472 e. The van der Waals surface area contributed by atoms with E-state index in [1.165, 1.54) is 25.7 Å². The van der Waals surface area contributed by atoms with E-state index >= 15 is 0 Å². The number of hydrogen-bond donors (Lipinski definition) is 1. The summed E-state index contributed by atoms with van der Waals surface area (Å²) in [5, 5.41) is 2.99. The SMILES string of the molecule is C.CN(C)C1CC2CCC1C2.CNCN(C)C. The van der Waals surface area contributed by atoms with Crippen molar-refractivity contribution in [1.82, 2.24) is 15.1 Å². The Morgan fingerprint density at radius 1 is 1.06 bits per heavy atom. The first-order valence-corrected chi connectivity index (χ1v) is 6.50. The summed E-state index contributed by atoms with van der Waals surface area (Å²) >= 11 is 0. The van der Waals surface area contributed by atoms with Gasteiger partial charge in [-0.15, -0.1) is 0 Å². The molecule has 3 atom stereocenters. The highest BCUT2D eigenvalue weighted by Crippen LogP contribution is 2.45. The minimum absolute atomic E-state index is 0. The number of hydrogen-bond acceptors (Lipinski definition) is 3. The topological polar surface area (TPSA) is 18.5 Å². The quantitative estimate of drug-likeness (QED) is 0.766. The zero-order valence-electron chi connectivity index (χ0n) is 11.7. The minimum Gasteiger partial charge on any atom is -0.307 e. The minimum atomic E-state index is 0. The van der Waals surface area contributed by atoms with Crippen LogP contribution in [0.1, 0.15) is 33.1 Å². The van der Waals surface area contributed by atoms with Crippen LogP contribution in [0.5, 0.6) is 0 Å². The van der Waals surface area contributed by atoms with Crippen LogP contribution < -0.4 is 5.32 Å². The average Bonchev–Trinajstić information content (AvgIpc) is 2.78. The molecule has 0 aromatic heterocycles. The van der Waals surface area contributed by atoms with Gasteiger partial charge in [-0.2, -0.15) is 0 Å². The Balaban J connectivity index is 0.000000324. The highest BCUT2D eigenvalue weighted by atomic mass is 15.2. The predicted octanol–water partition coefficient (Wildman–Crippen LogP) is 2.10. The molecule has 2 saturated carbocycles. The summed E-state index contributed by atoms with van der Waals surface area (Å²) in [5.74, 6) is 2.15. The summed E-state index contributed by atoms with van der Waals surface area (Å²) in [4.78, 5) is 4.49. The van der Waals surface area contributed by atoms with Crippen LogP contribution in [0.4, 0.5) is 0 Å². The summed E-state index contributed by atoms with van der Waals surface area (Å²) in [7, 11) is 10.4. The lowest BCUT2D eigenvalue weighted by atomic mass is 9.95. The normalized spacial score (nSPS) is 30.2. The van der Waals surface area contributed by atoms with Crippen LogP contribution in [0.3, 0.4) is 0 Å². The molecule has 0 spiro atoms. The van der Waals surface area contributed by atoms with E-state index in [2.05, 4.69) is 29.2 Å². The van der Waals surface area contributed by atoms with Gasteiger partial charge < -0.3 is 10.2 Å². The van der Waals surface area contributed by atoms with Crippen LogP contribution in [0, 0.1) is 11.8 Å². The van der Waals surface area contributed by atoms with Crippen molar-refractivity contribution in [1.29, 1.82) is 0 Å². The van der Waals surface area contributed by atoms with Gasteiger partial charge in [0.05, 0.1) is 0 Å². The second kappa shape index (κ2) is 8.06. The average molecular weight is 243 g/mol. The van der Waals surface area contributed by atoms with E-state index in [4.69, 9.17) is 0 Å². The second-order valence-corrected chi connectivity index (χ2v) is 5.80. The molecule has 2 fully saturated rings. The van der Waals surface area contributed by atoms with E-state index in [0.717, 1.165) is 24.5 Å². The molecule has 2 rings (SSSR count). The largest absolute Gasteiger partial charge is 0.307 e. The Hall–Kier alpha value is -0.120. The molecular weight excluding hydrogens is 210 g/mol. The summed E-state index contributed by atoms with van der Waals surface area (Å²) in [5.41, 5.74) is 0. The molecule has 0 heterocycles. The van der Waals surface area contributed by atoms with Crippen LogP contribution in [-0.2, 0) is 0 Å². The van der Waals surface area contributed by atoms with E-state index < -0.39 is 0 Å². The second-order valence-electron chi connectivity index (χ2n) is 5.80. The molecule has 0 saturated heterocycles. The maximum absolute atomic E-state index is 2.99. The van der Waals surface area contributed by atoms with Gasteiger partial charge in [0.25, 0.3) is 0 Å². The molecule has 17 heavy (non-hydrogen) atoms. The molecule has 0 radical (unpaired) electrons. The molecule has 1 N–H and O–H groups in total. The number of fused-ring (bicyclic) bond motifs is 2. The van der Waals surface area contributed by atoms with Crippen molar-refractivity contribution in [2.75, 3.05) is 41.9 Å². The van der Waals surface area contributed by atoms with Crippen molar-refractivity contribution in [3.8, 4) is 0 Å². The van der Waals surface area contributed by atoms with E-state index in [9.17, 15) is 0 Å². The molecule has 3 nitrogen and oxygen atoms in total. The first-order chi connectivity index (χ1) is 7.54. The third kappa shape index (κ3) is 5.36. The molecule has 3 heteroatoms. The van der Waals surface area contributed by atoms with Gasteiger partial charge in [0.15, 0.2) is 0 Å². The lowest BCUT2D eigenvalue weighted by molar-refractivity contribution is 0.211. The van der Waals surface area contributed by atoms with E-state index in [0.29, 0.717) is 0 Å². The van der Waals surface area contributed by atoms with Crippen LogP contribution in [0.15, 0.2) is 0 Å². The Labute approximate surface area is 109 Å². The number of rotatable bonds is 3. The third-order valence-corrected chi connectivity index (χ3v) is 3.84. The van der Waals surface area contributed by atoms with Gasteiger partial charge in [0, 0.05) is 12.7 Å². The van der Waals surface area contributed by atoms with Crippen molar-refractivity contribution >= 4 is 0 Å². The van der Waals surface area contributed by atoms with Gasteiger partial charge in [-0.3, -0.25) is 4.90 Å². The number of nitrogens with one attached hydrogen (secondary N) is 1. The lowest BCUT2D eigenvalue weighted by Gasteiger charge is -2.27. The van der Waals surface area contributed by atoms with Crippen molar-refractivity contribution in [2.45, 2.75) is 39.2 Å². The van der Waals surface area contributed by atoms with Gasteiger partial charge >= 0.3 is 0 Å². The molecular formula is C14H33N3. The molecule has 2 aliphatic rings. The Morgan fingerprint density at radius 3 is 1.88 bits per heavy atom. The highest BCUT2D eigenvalue weighted by molar-refractivity contribution is 4.93. The van der Waals surface area contributed by atoms with Crippen LogP contribution in [0.25, 0.3) is 0 Å². The molecule has 3 unspecified atom stereocenters. The fourth-order valence-corrected chi connectivity index (χ4v) is 3.16. The third-order valence-electron chi connectivity index (χ3n) is 3.84. The molecule has 2 aliphatic carbocycles. The summed E-state index contributed by atoms with van der Waals surface area (Å²) in [6.45, 7) is 0.958. The Morgan fingerprint density at radius 2 is 1.71 bits per heavy atom. The van der Waals surface area contributed by atoms with Crippen LogP contribution in [0.2, 0.25) is 0 Å². The monoisotopic (exact) mass is 243 g/mol. The van der Waals surface area contributed by atoms with Gasteiger partial charge in [-0.05, 0) is 66.3 Å². The maximum atomic E-state index is 2.99. The van der Waals surface area contributed by atoms with E-state index in [1.807, 2.05) is 21.1 Å². The Bertz CT molecular complexity index is 192. The Kier molecular flexibility index (Phi) is 8.01. The van der Waals surface area contributed by atoms with Crippen molar-refractivity contribution < 1.29 is 0 Å². The summed E-state index contributed by atoms with van der Waals surface area (Å²) in [6, 6.07) is 0.929. The van der Waals surface area contributed by atoms with Crippen molar-refractivity contribution in [3.63, 3.8) is 0 Å². The fourth-order valence-electron chi connectivity index (χ4n) is 3.16. The van der Waals surface area contributed by atoms with E-state index in [1.54, 1.807) is 0 Å². The lowest BCUT2D eigenvalue weighted by Crippen LogP contribution is -2.32. The standard InChI is InChI=1S/C9H17N.C4H12N2.CH4/c1-10(2)9-6-7-3-4-8(9)5-7;1-5-4-6(2)3;/h7-9H,3-6H2,1-2H3;5H,4H2,1-3H3;1H4. The maximum Gasteiger partial charge on any atom is 0.0472 e. The molecule has 0 amide bonds. The fraction of sp³-hybridized carbons (Fsp3) is 1.00. The molecule has 104 valence electrons. The highest BCUT2D eigenvalue weighted by Gasteiger charge is 2.40. The van der Waals surface area contributed by atoms with Crippen molar-refractivity contribution in [2.24, 2.45) is 11.8 Å². The van der Waals surface area contributed by atoms with Gasteiger partial charge in [0.1, 0.15) is 0 Å². The predicted molar refractivity (Wildman–Crippen MR) is 77.3 cm³/mol.